The van der Waals surface area contributed by atoms with Crippen LogP contribution in [0.4, 0.5) is 10.7 Å². The van der Waals surface area contributed by atoms with Crippen molar-refractivity contribution in [2.24, 2.45) is 5.92 Å². The van der Waals surface area contributed by atoms with Crippen LogP contribution in [0.2, 0.25) is 0 Å². The van der Waals surface area contributed by atoms with Gasteiger partial charge in [-0.3, -0.25) is 10.1 Å². The quantitative estimate of drug-likeness (QED) is 0.590. The van der Waals surface area contributed by atoms with Gasteiger partial charge in [0.05, 0.1) is 4.92 Å². The van der Waals surface area contributed by atoms with Crippen molar-refractivity contribution in [1.82, 2.24) is 4.72 Å². The molecule has 0 fully saturated rings. The number of sulfonamides is 1. The van der Waals surface area contributed by atoms with Crippen molar-refractivity contribution in [3.8, 4) is 0 Å². The first-order valence-corrected chi connectivity index (χ1v) is 8.53. The van der Waals surface area contributed by atoms with E-state index >= 15 is 0 Å². The molecule has 2 unspecified atom stereocenters. The molecule has 0 aliphatic carbocycles. The lowest BCUT2D eigenvalue weighted by molar-refractivity contribution is -0.383. The molecule has 0 radical (unpaired) electrons. The van der Waals surface area contributed by atoms with E-state index in [4.69, 9.17) is 5.73 Å². The Morgan fingerprint density at radius 2 is 2.10 bits per heavy atom. The number of nitrogens with one attached hydrogen (secondary N) is 1. The predicted octanol–water partition coefficient (Wildman–Crippen LogP) is 2.34. The zero-order valence-electron chi connectivity index (χ0n) is 11.6. The molecule has 1 heterocycles. The lowest BCUT2D eigenvalue weighted by atomic mass is 10.0. The largest absolute Gasteiger partial charge is 0.385 e. The van der Waals surface area contributed by atoms with E-state index in [9.17, 15) is 18.5 Å². The highest BCUT2D eigenvalue weighted by Crippen LogP contribution is 2.34. The minimum absolute atomic E-state index is 0.107. The molecule has 3 N–H and O–H groups in total. The van der Waals surface area contributed by atoms with Gasteiger partial charge in [-0.05, 0) is 19.3 Å². The Kier molecular flexibility index (Phi) is 5.49. The van der Waals surface area contributed by atoms with Crippen LogP contribution in [-0.2, 0) is 10.0 Å². The number of anilines is 1. The average Bonchev–Trinajstić information content (AvgIpc) is 2.71. The number of nitrogens with zero attached hydrogens (tertiary/aromatic N) is 1. The zero-order chi connectivity index (χ0) is 15.5. The van der Waals surface area contributed by atoms with E-state index in [-0.39, 0.29) is 20.9 Å². The number of nitrogens with two attached hydrogens (primary N) is 1. The molecule has 0 bridgehead atoms. The summed E-state index contributed by atoms with van der Waals surface area (Å²) < 4.78 is 26.6. The average molecular weight is 321 g/mol. The van der Waals surface area contributed by atoms with Gasteiger partial charge in [0.2, 0.25) is 0 Å². The van der Waals surface area contributed by atoms with Gasteiger partial charge >= 0.3 is 5.69 Å². The van der Waals surface area contributed by atoms with Crippen LogP contribution in [0.3, 0.4) is 0 Å². The Morgan fingerprint density at radius 1 is 1.50 bits per heavy atom. The Morgan fingerprint density at radius 3 is 2.55 bits per heavy atom. The van der Waals surface area contributed by atoms with Gasteiger partial charge in [-0.1, -0.05) is 31.6 Å². The van der Waals surface area contributed by atoms with Gasteiger partial charge in [-0.25, -0.2) is 13.1 Å². The fraction of sp³-hybridized carbons (Fsp3) is 0.636. The molecule has 114 valence electrons. The second-order valence-corrected chi connectivity index (χ2v) is 7.87. The Bertz CT molecular complexity index is 582. The highest BCUT2D eigenvalue weighted by Gasteiger charge is 2.26. The first kappa shape index (κ1) is 16.9. The van der Waals surface area contributed by atoms with E-state index in [0.29, 0.717) is 23.7 Å². The van der Waals surface area contributed by atoms with E-state index in [2.05, 4.69) is 4.72 Å². The van der Waals surface area contributed by atoms with E-state index in [1.807, 2.05) is 13.8 Å². The summed E-state index contributed by atoms with van der Waals surface area (Å²) in [6.07, 6.45) is 1.67. The van der Waals surface area contributed by atoms with Crippen LogP contribution in [0.5, 0.6) is 0 Å². The smallest absolute Gasteiger partial charge is 0.304 e. The van der Waals surface area contributed by atoms with Gasteiger partial charge in [0.1, 0.15) is 4.21 Å². The molecule has 1 aromatic heterocycles. The van der Waals surface area contributed by atoms with E-state index in [1.165, 1.54) is 0 Å². The van der Waals surface area contributed by atoms with Crippen molar-refractivity contribution in [3.05, 3.63) is 16.2 Å². The number of rotatable bonds is 7. The summed E-state index contributed by atoms with van der Waals surface area (Å²) in [5, 5.41) is 10.6. The number of thiophene rings is 1. The Balaban J connectivity index is 2.89. The lowest BCUT2D eigenvalue weighted by Crippen LogP contribution is -2.33. The lowest BCUT2D eigenvalue weighted by Gasteiger charge is -2.16. The number of nitrogen functional groups attached to an aromatic ring is 1. The van der Waals surface area contributed by atoms with Crippen molar-refractivity contribution in [1.29, 1.82) is 0 Å². The van der Waals surface area contributed by atoms with E-state index in [0.717, 1.165) is 12.5 Å². The Hall–Kier alpha value is -1.19. The minimum Gasteiger partial charge on any atom is -0.385 e. The van der Waals surface area contributed by atoms with Gasteiger partial charge in [-0.2, -0.15) is 0 Å². The molecular weight excluding hydrogens is 302 g/mol. The van der Waals surface area contributed by atoms with Crippen LogP contribution >= 0.6 is 11.3 Å². The van der Waals surface area contributed by atoms with Crippen LogP contribution in [0.25, 0.3) is 0 Å². The number of hydrogen-bond donors (Lipinski definition) is 2. The van der Waals surface area contributed by atoms with Crippen LogP contribution < -0.4 is 10.5 Å². The van der Waals surface area contributed by atoms with Gasteiger partial charge in [0, 0.05) is 12.1 Å². The van der Waals surface area contributed by atoms with Gasteiger partial charge in [0.25, 0.3) is 10.0 Å². The molecule has 9 heteroatoms. The first-order valence-electron chi connectivity index (χ1n) is 6.23. The second kappa shape index (κ2) is 6.51. The minimum atomic E-state index is -3.76. The molecule has 0 saturated carbocycles. The topological polar surface area (TPSA) is 115 Å². The van der Waals surface area contributed by atoms with Crippen LogP contribution in [0.1, 0.15) is 33.6 Å². The molecule has 1 aromatic rings. The predicted molar refractivity (Wildman–Crippen MR) is 79.2 cm³/mol. The highest BCUT2D eigenvalue weighted by atomic mass is 32.2. The highest BCUT2D eigenvalue weighted by molar-refractivity contribution is 7.91. The number of hydrogen-bond acceptors (Lipinski definition) is 6. The summed E-state index contributed by atoms with van der Waals surface area (Å²) in [6.45, 7) is 5.85. The Labute approximate surface area is 122 Å². The third kappa shape index (κ3) is 4.15. The molecule has 0 aliphatic heterocycles. The van der Waals surface area contributed by atoms with Crippen molar-refractivity contribution >= 4 is 32.0 Å². The molecule has 0 aliphatic rings. The summed E-state index contributed by atoms with van der Waals surface area (Å²) in [7, 11) is -3.76. The maximum absolute atomic E-state index is 12.1. The molecule has 0 spiro atoms. The fourth-order valence-electron chi connectivity index (χ4n) is 1.79. The fourth-order valence-corrected chi connectivity index (χ4v) is 4.28. The van der Waals surface area contributed by atoms with Crippen LogP contribution in [-0.4, -0.2) is 19.4 Å². The normalized spacial score (nSPS) is 14.9. The molecule has 1 rings (SSSR count). The molecular formula is C11H19N3O4S2. The molecule has 20 heavy (non-hydrogen) atoms. The van der Waals surface area contributed by atoms with Gasteiger partial charge in [0.15, 0.2) is 5.00 Å². The molecule has 0 amide bonds. The summed E-state index contributed by atoms with van der Waals surface area (Å²) in [4.78, 5) is 10.00. The molecule has 0 saturated heterocycles. The molecule has 0 aromatic carbocycles. The second-order valence-electron chi connectivity index (χ2n) is 4.84. The first-order chi connectivity index (χ1) is 9.17. The number of nitro groups is 1. The standard InChI is InChI=1S/C11H19N3O4S2/c1-4-7(2)5-8(3)13-20(17,18)10-6-9(14(15)16)11(12)19-10/h6-8,13H,4-5,12H2,1-3H3. The monoisotopic (exact) mass is 321 g/mol. The van der Waals surface area contributed by atoms with E-state index in [1.54, 1.807) is 6.92 Å². The van der Waals surface area contributed by atoms with Crippen molar-refractivity contribution < 1.29 is 13.3 Å². The summed E-state index contributed by atoms with van der Waals surface area (Å²) in [6, 6.07) is 0.760. The molecule has 2 atom stereocenters. The van der Waals surface area contributed by atoms with Crippen molar-refractivity contribution in [2.75, 3.05) is 5.73 Å². The molecule has 7 nitrogen and oxygen atoms in total. The van der Waals surface area contributed by atoms with Crippen LogP contribution in [0, 0.1) is 16.0 Å². The van der Waals surface area contributed by atoms with E-state index < -0.39 is 14.9 Å². The maximum Gasteiger partial charge on any atom is 0.304 e. The zero-order valence-corrected chi connectivity index (χ0v) is 13.3. The third-order valence-electron chi connectivity index (χ3n) is 2.99. The summed E-state index contributed by atoms with van der Waals surface area (Å²) in [5.41, 5.74) is 5.09. The van der Waals surface area contributed by atoms with Crippen molar-refractivity contribution in [2.45, 2.75) is 43.9 Å². The van der Waals surface area contributed by atoms with Crippen LogP contribution in [0.15, 0.2) is 10.3 Å². The van der Waals surface area contributed by atoms with Gasteiger partial charge < -0.3 is 5.73 Å². The van der Waals surface area contributed by atoms with Crippen molar-refractivity contribution in [3.63, 3.8) is 0 Å². The SMILES string of the molecule is CCC(C)CC(C)NS(=O)(=O)c1cc([N+](=O)[O-])c(N)s1. The summed E-state index contributed by atoms with van der Waals surface area (Å²) in [5.74, 6) is 0.399. The van der Waals surface area contributed by atoms with Gasteiger partial charge in [-0.15, -0.1) is 0 Å². The maximum atomic E-state index is 12.1. The summed E-state index contributed by atoms with van der Waals surface area (Å²) >= 11 is 0.702. The third-order valence-corrected chi connectivity index (χ3v) is 6.00.